The number of halogens is 2. The third-order valence-electron chi connectivity index (χ3n) is 2.70. The average Bonchev–Trinajstić information content (AvgIpc) is 2.15. The van der Waals surface area contributed by atoms with Crippen LogP contribution in [0.15, 0.2) is 22.9 Å². The molecule has 15 heavy (non-hydrogen) atoms. The van der Waals surface area contributed by atoms with E-state index < -0.39 is 0 Å². The molecule has 1 aromatic heterocycles. The van der Waals surface area contributed by atoms with Crippen molar-refractivity contribution < 1.29 is 0 Å². The molecule has 1 N–H and O–H groups in total. The van der Waals surface area contributed by atoms with Gasteiger partial charge >= 0.3 is 0 Å². The molecule has 1 aliphatic carbocycles. The van der Waals surface area contributed by atoms with Gasteiger partial charge in [-0.05, 0) is 52.9 Å². The monoisotopic (exact) mass is 288 g/mol. The maximum Gasteiger partial charge on any atom is 0.0410 e. The van der Waals surface area contributed by atoms with Crippen molar-refractivity contribution in [2.75, 3.05) is 6.54 Å². The van der Waals surface area contributed by atoms with Gasteiger partial charge in [0.15, 0.2) is 0 Å². The van der Waals surface area contributed by atoms with Crippen molar-refractivity contribution in [3.8, 4) is 0 Å². The van der Waals surface area contributed by atoms with Gasteiger partial charge in [-0.3, -0.25) is 4.98 Å². The molecule has 0 amide bonds. The third kappa shape index (κ3) is 3.44. The van der Waals surface area contributed by atoms with Gasteiger partial charge in [-0.2, -0.15) is 0 Å². The van der Waals surface area contributed by atoms with Crippen molar-refractivity contribution in [1.29, 1.82) is 0 Å². The average molecular weight is 290 g/mol. The molecular formula is C11H14BrClN2. The van der Waals surface area contributed by atoms with Crippen LogP contribution in [0.25, 0.3) is 0 Å². The highest BCUT2D eigenvalue weighted by Crippen LogP contribution is 2.31. The zero-order chi connectivity index (χ0) is 10.7. The Morgan fingerprint density at radius 1 is 1.47 bits per heavy atom. The summed E-state index contributed by atoms with van der Waals surface area (Å²) in [5, 5.41) is 3.85. The van der Waals surface area contributed by atoms with E-state index >= 15 is 0 Å². The van der Waals surface area contributed by atoms with Crippen molar-refractivity contribution in [2.45, 2.75) is 24.8 Å². The Morgan fingerprint density at radius 3 is 2.93 bits per heavy atom. The number of nitrogens with zero attached hydrogens (tertiary/aromatic N) is 1. The zero-order valence-electron chi connectivity index (χ0n) is 8.42. The van der Waals surface area contributed by atoms with Gasteiger partial charge in [0.05, 0.1) is 0 Å². The fourth-order valence-electron chi connectivity index (χ4n) is 1.79. The fourth-order valence-corrected chi connectivity index (χ4v) is 2.71. The number of rotatable bonds is 4. The minimum atomic E-state index is 0.421. The molecule has 0 radical (unpaired) electrons. The molecule has 1 aliphatic rings. The van der Waals surface area contributed by atoms with E-state index in [0.29, 0.717) is 5.38 Å². The molecular weight excluding hydrogens is 275 g/mol. The van der Waals surface area contributed by atoms with Crippen molar-refractivity contribution in [2.24, 2.45) is 5.92 Å². The molecule has 1 heterocycles. The molecule has 1 fully saturated rings. The van der Waals surface area contributed by atoms with Crippen LogP contribution in [0.4, 0.5) is 0 Å². The predicted octanol–water partition coefficient (Wildman–Crippen LogP) is 2.95. The molecule has 2 nitrogen and oxygen atoms in total. The normalized spacial score (nSPS) is 24.9. The Kier molecular flexibility index (Phi) is 4.00. The quantitative estimate of drug-likeness (QED) is 0.862. The maximum absolute atomic E-state index is 5.92. The topological polar surface area (TPSA) is 24.9 Å². The van der Waals surface area contributed by atoms with E-state index in [1.807, 2.05) is 6.20 Å². The number of alkyl halides is 1. The van der Waals surface area contributed by atoms with Crippen LogP contribution in [0.1, 0.15) is 18.4 Å². The molecule has 0 atom stereocenters. The summed E-state index contributed by atoms with van der Waals surface area (Å²) < 4.78 is 1.03. The van der Waals surface area contributed by atoms with E-state index in [4.69, 9.17) is 11.6 Å². The van der Waals surface area contributed by atoms with Gasteiger partial charge in [-0.15, -0.1) is 11.6 Å². The van der Waals surface area contributed by atoms with Crippen LogP contribution in [-0.4, -0.2) is 16.9 Å². The Bertz CT molecular complexity index is 326. The second-order valence-corrected chi connectivity index (χ2v) is 5.61. The molecule has 0 bridgehead atoms. The van der Waals surface area contributed by atoms with Gasteiger partial charge in [0, 0.05) is 28.8 Å². The van der Waals surface area contributed by atoms with E-state index in [2.05, 4.69) is 32.3 Å². The molecule has 0 saturated heterocycles. The summed E-state index contributed by atoms with van der Waals surface area (Å²) in [6.07, 6.45) is 6.01. The lowest BCUT2D eigenvalue weighted by molar-refractivity contribution is 0.308. The Labute approximate surface area is 104 Å². The van der Waals surface area contributed by atoms with Crippen LogP contribution in [-0.2, 0) is 6.54 Å². The molecule has 1 saturated carbocycles. The zero-order valence-corrected chi connectivity index (χ0v) is 10.8. The minimum absolute atomic E-state index is 0.421. The molecule has 82 valence electrons. The van der Waals surface area contributed by atoms with E-state index in [9.17, 15) is 0 Å². The number of nitrogens with one attached hydrogen (secondary N) is 1. The summed E-state index contributed by atoms with van der Waals surface area (Å²) in [4.78, 5) is 4.12. The van der Waals surface area contributed by atoms with Crippen LogP contribution in [0.5, 0.6) is 0 Å². The Hall–Kier alpha value is -0.120. The molecule has 2 rings (SSSR count). The highest BCUT2D eigenvalue weighted by atomic mass is 79.9. The van der Waals surface area contributed by atoms with Gasteiger partial charge in [-0.1, -0.05) is 0 Å². The lowest BCUT2D eigenvalue weighted by atomic mass is 9.85. The van der Waals surface area contributed by atoms with Gasteiger partial charge in [-0.25, -0.2) is 0 Å². The summed E-state index contributed by atoms with van der Waals surface area (Å²) in [6.45, 7) is 1.95. The smallest absolute Gasteiger partial charge is 0.0410 e. The standard InChI is InChI=1S/C11H14BrClN2/c12-10-1-9(6-15-7-10)5-14-4-8-2-11(13)3-8/h1,6-8,11,14H,2-5H2. The largest absolute Gasteiger partial charge is 0.312 e. The van der Waals surface area contributed by atoms with Crippen LogP contribution >= 0.6 is 27.5 Å². The third-order valence-corrected chi connectivity index (χ3v) is 3.49. The Balaban J connectivity index is 1.69. The molecule has 4 heteroatoms. The minimum Gasteiger partial charge on any atom is -0.312 e. The first-order valence-electron chi connectivity index (χ1n) is 5.18. The van der Waals surface area contributed by atoms with E-state index in [1.54, 1.807) is 6.20 Å². The SMILES string of the molecule is ClC1CC(CNCc2cncc(Br)c2)C1. The Morgan fingerprint density at radius 2 is 2.27 bits per heavy atom. The highest BCUT2D eigenvalue weighted by molar-refractivity contribution is 9.10. The molecule has 0 aromatic carbocycles. The molecule has 0 unspecified atom stereocenters. The number of aromatic nitrogens is 1. The number of pyridine rings is 1. The first kappa shape index (κ1) is 11.4. The summed E-state index contributed by atoms with van der Waals surface area (Å²) in [7, 11) is 0. The van der Waals surface area contributed by atoms with Crippen molar-refractivity contribution >= 4 is 27.5 Å². The van der Waals surface area contributed by atoms with Crippen molar-refractivity contribution in [3.05, 3.63) is 28.5 Å². The molecule has 0 spiro atoms. The van der Waals surface area contributed by atoms with E-state index in [-0.39, 0.29) is 0 Å². The highest BCUT2D eigenvalue weighted by Gasteiger charge is 2.26. The lowest BCUT2D eigenvalue weighted by Gasteiger charge is -2.30. The van der Waals surface area contributed by atoms with E-state index in [1.165, 1.54) is 5.56 Å². The van der Waals surface area contributed by atoms with Crippen LogP contribution in [0, 0.1) is 5.92 Å². The second kappa shape index (κ2) is 5.28. The van der Waals surface area contributed by atoms with Crippen molar-refractivity contribution in [3.63, 3.8) is 0 Å². The van der Waals surface area contributed by atoms with Gasteiger partial charge in [0.25, 0.3) is 0 Å². The number of hydrogen-bond donors (Lipinski definition) is 1. The van der Waals surface area contributed by atoms with Crippen molar-refractivity contribution in [1.82, 2.24) is 10.3 Å². The molecule has 1 aromatic rings. The predicted molar refractivity (Wildman–Crippen MR) is 66.0 cm³/mol. The fraction of sp³-hybridized carbons (Fsp3) is 0.545. The van der Waals surface area contributed by atoms with Crippen LogP contribution in [0.3, 0.4) is 0 Å². The van der Waals surface area contributed by atoms with E-state index in [0.717, 1.165) is 36.3 Å². The van der Waals surface area contributed by atoms with Gasteiger partial charge in [0.1, 0.15) is 0 Å². The molecule has 0 aliphatic heterocycles. The lowest BCUT2D eigenvalue weighted by Crippen LogP contribution is -2.33. The summed E-state index contributed by atoms with van der Waals surface area (Å²) in [5.74, 6) is 0.771. The summed E-state index contributed by atoms with van der Waals surface area (Å²) >= 11 is 9.32. The van der Waals surface area contributed by atoms with Gasteiger partial charge < -0.3 is 5.32 Å². The number of hydrogen-bond acceptors (Lipinski definition) is 2. The van der Waals surface area contributed by atoms with Crippen LogP contribution < -0.4 is 5.32 Å². The summed E-state index contributed by atoms with van der Waals surface area (Å²) in [5.41, 5.74) is 1.21. The maximum atomic E-state index is 5.92. The summed E-state index contributed by atoms with van der Waals surface area (Å²) in [6, 6.07) is 2.09. The first-order chi connectivity index (χ1) is 7.24. The second-order valence-electron chi connectivity index (χ2n) is 4.08. The van der Waals surface area contributed by atoms with Crippen LogP contribution in [0.2, 0.25) is 0 Å². The van der Waals surface area contributed by atoms with Gasteiger partial charge in [0.2, 0.25) is 0 Å². The first-order valence-corrected chi connectivity index (χ1v) is 6.41.